The van der Waals surface area contributed by atoms with Crippen LogP contribution in [-0.4, -0.2) is 18.9 Å². The molecule has 0 spiro atoms. The van der Waals surface area contributed by atoms with E-state index in [0.29, 0.717) is 0 Å². The van der Waals surface area contributed by atoms with E-state index in [0.717, 1.165) is 25.4 Å². The fraction of sp³-hybridized carbons (Fsp3) is 0.375. The maximum atomic E-state index is 12.7. The minimum atomic E-state index is -5.71. The quantitative estimate of drug-likeness (QED) is 0.481. The topological polar surface area (TPSA) is 56.3 Å². The summed E-state index contributed by atoms with van der Waals surface area (Å²) >= 11 is 0. The first-order chi connectivity index (χ1) is 7.63. The van der Waals surface area contributed by atoms with Crippen LogP contribution in [0.2, 0.25) is 0 Å². The molecule has 1 atom stereocenters. The van der Waals surface area contributed by atoms with Crippen molar-refractivity contribution in [1.29, 1.82) is 0 Å². The lowest BCUT2D eigenvalue weighted by atomic mass is 10.2. The minimum absolute atomic E-state index is 0.113. The lowest BCUT2D eigenvalue weighted by Gasteiger charge is -2.14. The second-order valence-electron chi connectivity index (χ2n) is 3.07. The summed E-state index contributed by atoms with van der Waals surface area (Å²) in [7, 11) is -5.71. The fourth-order valence-electron chi connectivity index (χ4n) is 0.951. The van der Waals surface area contributed by atoms with Crippen molar-refractivity contribution in [3.8, 4) is 0 Å². The second-order valence-corrected chi connectivity index (χ2v) is 4.64. The molecule has 17 heavy (non-hydrogen) atoms. The molecule has 0 saturated carbocycles. The highest BCUT2D eigenvalue weighted by Gasteiger charge is 2.48. The second kappa shape index (κ2) is 4.57. The van der Waals surface area contributed by atoms with Crippen LogP contribution in [-0.2, 0) is 14.3 Å². The first-order valence-electron chi connectivity index (χ1n) is 4.23. The number of aromatic nitrogens is 1. The number of nitrogens with zero attached hydrogens (tertiary/aromatic N) is 1. The normalized spacial score (nSPS) is 14.6. The summed E-state index contributed by atoms with van der Waals surface area (Å²) in [5, 5.41) is 0. The molecule has 0 radical (unpaired) electrons. The lowest BCUT2D eigenvalue weighted by Crippen LogP contribution is -2.26. The number of alkyl halides is 3. The van der Waals surface area contributed by atoms with Gasteiger partial charge in [0.2, 0.25) is 0 Å². The molecule has 9 heteroatoms. The van der Waals surface area contributed by atoms with E-state index < -0.39 is 27.5 Å². The molecule has 0 aromatic carbocycles. The summed E-state index contributed by atoms with van der Waals surface area (Å²) in [6.45, 7) is 1.04. The Kier molecular flexibility index (Phi) is 3.72. The molecule has 0 fully saturated rings. The zero-order valence-electron chi connectivity index (χ0n) is 8.40. The average molecular weight is 273 g/mol. The van der Waals surface area contributed by atoms with Gasteiger partial charge in [0.05, 0.1) is 6.20 Å². The smallest absolute Gasteiger partial charge is 0.261 e. The summed E-state index contributed by atoms with van der Waals surface area (Å²) in [5.41, 5.74) is -5.63. The largest absolute Gasteiger partial charge is 0.523 e. The van der Waals surface area contributed by atoms with Crippen LogP contribution in [0.25, 0.3) is 0 Å². The van der Waals surface area contributed by atoms with E-state index >= 15 is 0 Å². The number of pyridine rings is 1. The van der Waals surface area contributed by atoms with Gasteiger partial charge in [-0.1, -0.05) is 0 Å². The van der Waals surface area contributed by atoms with E-state index in [9.17, 15) is 26.0 Å². The SMILES string of the molecule is CC(OS(=O)(=O)C(F)(F)F)c1cncc(F)c1. The minimum Gasteiger partial charge on any atom is -0.261 e. The van der Waals surface area contributed by atoms with Crippen molar-refractivity contribution in [1.82, 2.24) is 4.98 Å². The van der Waals surface area contributed by atoms with E-state index in [1.807, 2.05) is 0 Å². The van der Waals surface area contributed by atoms with Crippen molar-refractivity contribution in [3.05, 3.63) is 29.8 Å². The predicted octanol–water partition coefficient (Wildman–Crippen LogP) is 2.15. The first kappa shape index (κ1) is 13.8. The van der Waals surface area contributed by atoms with Crippen molar-refractivity contribution < 1.29 is 30.2 Å². The van der Waals surface area contributed by atoms with Gasteiger partial charge in [-0.15, -0.1) is 0 Å². The molecule has 0 amide bonds. The molecule has 0 N–H and O–H groups in total. The Labute approximate surface area is 94.4 Å². The number of halogens is 4. The van der Waals surface area contributed by atoms with Gasteiger partial charge in [0.25, 0.3) is 0 Å². The van der Waals surface area contributed by atoms with Crippen molar-refractivity contribution in [2.75, 3.05) is 0 Å². The molecule has 1 unspecified atom stereocenters. The van der Waals surface area contributed by atoms with Crippen LogP contribution in [0.15, 0.2) is 18.5 Å². The van der Waals surface area contributed by atoms with Crippen molar-refractivity contribution in [2.24, 2.45) is 0 Å². The molecule has 0 saturated heterocycles. The van der Waals surface area contributed by atoms with Gasteiger partial charge >= 0.3 is 15.6 Å². The van der Waals surface area contributed by atoms with Gasteiger partial charge in [-0.3, -0.25) is 9.17 Å². The maximum Gasteiger partial charge on any atom is 0.523 e. The van der Waals surface area contributed by atoms with Crippen molar-refractivity contribution >= 4 is 10.1 Å². The van der Waals surface area contributed by atoms with Gasteiger partial charge in [0, 0.05) is 11.8 Å². The van der Waals surface area contributed by atoms with E-state index in [-0.39, 0.29) is 5.56 Å². The summed E-state index contributed by atoms with van der Waals surface area (Å²) in [5.74, 6) is -0.803. The fourth-order valence-corrected chi connectivity index (χ4v) is 1.55. The molecule has 96 valence electrons. The van der Waals surface area contributed by atoms with E-state index in [4.69, 9.17) is 0 Å². The molecule has 4 nitrogen and oxygen atoms in total. The maximum absolute atomic E-state index is 12.7. The van der Waals surface area contributed by atoms with E-state index in [1.165, 1.54) is 0 Å². The summed E-state index contributed by atoms with van der Waals surface area (Å²) in [6, 6.07) is 0.837. The van der Waals surface area contributed by atoms with Crippen LogP contribution >= 0.6 is 0 Å². The Balaban J connectivity index is 2.91. The van der Waals surface area contributed by atoms with Gasteiger partial charge in [-0.05, 0) is 13.0 Å². The van der Waals surface area contributed by atoms with E-state index in [1.54, 1.807) is 0 Å². The Morgan fingerprint density at radius 1 is 1.35 bits per heavy atom. The first-order valence-corrected chi connectivity index (χ1v) is 5.64. The highest BCUT2D eigenvalue weighted by molar-refractivity contribution is 7.87. The summed E-state index contributed by atoms with van der Waals surface area (Å²) in [4.78, 5) is 3.37. The molecule has 0 aliphatic heterocycles. The van der Waals surface area contributed by atoms with Crippen LogP contribution < -0.4 is 0 Å². The molecule has 1 aromatic heterocycles. The molecule has 0 aliphatic carbocycles. The third kappa shape index (κ3) is 3.37. The van der Waals surface area contributed by atoms with Gasteiger partial charge in [0.1, 0.15) is 11.9 Å². The number of rotatable bonds is 3. The summed E-state index contributed by atoms with van der Waals surface area (Å²) in [6.07, 6.45) is 0.360. The predicted molar refractivity (Wildman–Crippen MR) is 48.7 cm³/mol. The Morgan fingerprint density at radius 2 is 1.94 bits per heavy atom. The van der Waals surface area contributed by atoms with Gasteiger partial charge in [-0.2, -0.15) is 21.6 Å². The third-order valence-electron chi connectivity index (χ3n) is 1.75. The zero-order valence-corrected chi connectivity index (χ0v) is 9.22. The van der Waals surface area contributed by atoms with E-state index in [2.05, 4.69) is 9.17 Å². The van der Waals surface area contributed by atoms with Crippen molar-refractivity contribution in [3.63, 3.8) is 0 Å². The Hall–Kier alpha value is -1.22. The van der Waals surface area contributed by atoms with Gasteiger partial charge < -0.3 is 0 Å². The highest BCUT2D eigenvalue weighted by atomic mass is 32.2. The number of hydrogen-bond acceptors (Lipinski definition) is 4. The highest BCUT2D eigenvalue weighted by Crippen LogP contribution is 2.29. The van der Waals surface area contributed by atoms with Crippen LogP contribution in [0.4, 0.5) is 17.6 Å². The Bertz CT molecular complexity index is 500. The lowest BCUT2D eigenvalue weighted by molar-refractivity contribution is -0.0569. The molecule has 0 aliphatic rings. The zero-order chi connectivity index (χ0) is 13.3. The third-order valence-corrected chi connectivity index (χ3v) is 2.86. The standard InChI is InChI=1S/C8H7F4NO3S/c1-5(6-2-7(9)4-13-3-6)16-17(14,15)8(10,11)12/h2-5H,1H3. The van der Waals surface area contributed by atoms with Crippen LogP contribution in [0, 0.1) is 5.82 Å². The van der Waals surface area contributed by atoms with Crippen LogP contribution in [0.1, 0.15) is 18.6 Å². The van der Waals surface area contributed by atoms with Gasteiger partial charge in [0.15, 0.2) is 0 Å². The molecular formula is C8H7F4NO3S. The van der Waals surface area contributed by atoms with Crippen LogP contribution in [0.5, 0.6) is 0 Å². The van der Waals surface area contributed by atoms with Gasteiger partial charge in [-0.25, -0.2) is 4.39 Å². The van der Waals surface area contributed by atoms with Crippen molar-refractivity contribution in [2.45, 2.75) is 18.5 Å². The molecule has 0 bridgehead atoms. The molecule has 1 rings (SSSR count). The molecule has 1 heterocycles. The average Bonchev–Trinajstić information content (AvgIpc) is 2.15. The van der Waals surface area contributed by atoms with Crippen LogP contribution in [0.3, 0.4) is 0 Å². The Morgan fingerprint density at radius 3 is 2.41 bits per heavy atom. The summed E-state index contributed by atoms with van der Waals surface area (Å²) < 4.78 is 73.9. The molecule has 1 aromatic rings. The number of hydrogen-bond donors (Lipinski definition) is 0. The monoisotopic (exact) mass is 273 g/mol. The molecular weight excluding hydrogens is 266 g/mol.